The maximum absolute atomic E-state index is 12.7. The van der Waals surface area contributed by atoms with Gasteiger partial charge in [-0.05, 0) is 49.8 Å². The lowest BCUT2D eigenvalue weighted by atomic mass is 9.81. The highest BCUT2D eigenvalue weighted by Crippen LogP contribution is 2.30. The summed E-state index contributed by atoms with van der Waals surface area (Å²) in [5.74, 6) is 0.907. The van der Waals surface area contributed by atoms with Crippen molar-refractivity contribution in [3.05, 3.63) is 59.3 Å². The van der Waals surface area contributed by atoms with Crippen LogP contribution in [0.4, 0.5) is 5.69 Å². The molecule has 0 unspecified atom stereocenters. The van der Waals surface area contributed by atoms with Crippen LogP contribution >= 0.6 is 0 Å². The van der Waals surface area contributed by atoms with Gasteiger partial charge >= 0.3 is 0 Å². The Hall–Kier alpha value is -3.22. The van der Waals surface area contributed by atoms with Crippen molar-refractivity contribution in [2.45, 2.75) is 32.2 Å². The molecule has 150 valence electrons. The van der Waals surface area contributed by atoms with E-state index < -0.39 is 0 Å². The van der Waals surface area contributed by atoms with Crippen LogP contribution in [0.5, 0.6) is 5.88 Å². The summed E-state index contributed by atoms with van der Waals surface area (Å²) in [6.45, 7) is 0.646. The molecule has 1 saturated carbocycles. The zero-order valence-corrected chi connectivity index (χ0v) is 16.4. The monoisotopic (exact) mass is 392 g/mol. The molecule has 1 aliphatic rings. The van der Waals surface area contributed by atoms with Gasteiger partial charge in [0.05, 0.1) is 36.2 Å². The van der Waals surface area contributed by atoms with Crippen LogP contribution in [-0.4, -0.2) is 27.6 Å². The van der Waals surface area contributed by atoms with Crippen molar-refractivity contribution in [2.75, 3.05) is 12.4 Å². The largest absolute Gasteiger partial charge is 0.481 e. The number of nitrogens with one attached hydrogen (secondary N) is 1. The number of carbonyl (C=O) groups excluding carboxylic acids is 1. The highest BCUT2D eigenvalue weighted by Gasteiger charge is 2.27. The van der Waals surface area contributed by atoms with E-state index in [1.165, 1.54) is 0 Å². The van der Waals surface area contributed by atoms with Gasteiger partial charge in [-0.1, -0.05) is 12.1 Å². The van der Waals surface area contributed by atoms with Crippen molar-refractivity contribution < 1.29 is 9.53 Å². The van der Waals surface area contributed by atoms with Gasteiger partial charge in [0, 0.05) is 18.5 Å². The molecule has 0 saturated heterocycles. The summed E-state index contributed by atoms with van der Waals surface area (Å²) in [7, 11) is 1.56. The van der Waals surface area contributed by atoms with Gasteiger partial charge in [0.2, 0.25) is 11.8 Å². The zero-order chi connectivity index (χ0) is 20.2. The highest BCUT2D eigenvalue weighted by atomic mass is 16.5. The van der Waals surface area contributed by atoms with Gasteiger partial charge in [-0.25, -0.2) is 9.97 Å². The lowest BCUT2D eigenvalue weighted by Gasteiger charge is -2.28. The maximum atomic E-state index is 12.7. The molecule has 2 aromatic heterocycles. The maximum Gasteiger partial charge on any atom is 0.261 e. The van der Waals surface area contributed by atoms with Crippen LogP contribution in [0.15, 0.2) is 53.7 Å². The molecule has 0 radical (unpaired) electrons. The van der Waals surface area contributed by atoms with Crippen LogP contribution < -0.4 is 15.6 Å². The molecule has 1 N–H and O–H groups in total. The molecule has 1 aliphatic carbocycles. The summed E-state index contributed by atoms with van der Waals surface area (Å²) < 4.78 is 6.74. The second kappa shape index (κ2) is 8.43. The molecule has 1 aromatic carbocycles. The van der Waals surface area contributed by atoms with Crippen LogP contribution in [0, 0.1) is 11.8 Å². The topological polar surface area (TPSA) is 86.1 Å². The van der Waals surface area contributed by atoms with Gasteiger partial charge in [-0.3, -0.25) is 14.2 Å². The summed E-state index contributed by atoms with van der Waals surface area (Å²) in [5.41, 5.74) is 1.40. The molecule has 7 heteroatoms. The Bertz CT molecular complexity index is 1050. The van der Waals surface area contributed by atoms with E-state index in [2.05, 4.69) is 15.3 Å². The summed E-state index contributed by atoms with van der Waals surface area (Å²) in [4.78, 5) is 33.7. The van der Waals surface area contributed by atoms with E-state index in [0.717, 1.165) is 31.2 Å². The number of fused-ring (bicyclic) bond motifs is 1. The van der Waals surface area contributed by atoms with Crippen molar-refractivity contribution in [3.63, 3.8) is 0 Å². The zero-order valence-electron chi connectivity index (χ0n) is 16.4. The number of methoxy groups -OCH3 is 1. The first-order chi connectivity index (χ1) is 14.1. The van der Waals surface area contributed by atoms with Crippen molar-refractivity contribution >= 4 is 22.5 Å². The molecular weight excluding hydrogens is 368 g/mol. The highest BCUT2D eigenvalue weighted by molar-refractivity contribution is 5.92. The van der Waals surface area contributed by atoms with E-state index in [0.29, 0.717) is 29.4 Å². The van der Waals surface area contributed by atoms with Crippen molar-refractivity contribution in [1.29, 1.82) is 0 Å². The Kier molecular flexibility index (Phi) is 5.55. The van der Waals surface area contributed by atoms with Crippen molar-refractivity contribution in [3.8, 4) is 5.88 Å². The van der Waals surface area contributed by atoms with Crippen LogP contribution in [0.1, 0.15) is 25.7 Å². The molecule has 7 nitrogen and oxygen atoms in total. The van der Waals surface area contributed by atoms with Gasteiger partial charge in [-0.2, -0.15) is 0 Å². The number of hydrogen-bond donors (Lipinski definition) is 1. The molecule has 29 heavy (non-hydrogen) atoms. The number of benzene rings is 1. The molecule has 1 amide bonds. The number of aromatic nitrogens is 3. The van der Waals surface area contributed by atoms with Gasteiger partial charge in [0.1, 0.15) is 0 Å². The molecule has 0 spiro atoms. The number of anilines is 1. The molecule has 0 bridgehead atoms. The lowest BCUT2D eigenvalue weighted by Crippen LogP contribution is -2.30. The normalized spacial score (nSPS) is 19.1. The van der Waals surface area contributed by atoms with Crippen LogP contribution in [0.25, 0.3) is 10.9 Å². The number of rotatable bonds is 5. The van der Waals surface area contributed by atoms with Crippen molar-refractivity contribution in [1.82, 2.24) is 14.5 Å². The van der Waals surface area contributed by atoms with E-state index in [4.69, 9.17) is 4.74 Å². The Morgan fingerprint density at radius 3 is 2.66 bits per heavy atom. The molecule has 3 aromatic rings. The van der Waals surface area contributed by atoms with E-state index in [1.54, 1.807) is 36.3 Å². The van der Waals surface area contributed by atoms with E-state index in [9.17, 15) is 9.59 Å². The van der Waals surface area contributed by atoms with Crippen LogP contribution in [0.3, 0.4) is 0 Å². The van der Waals surface area contributed by atoms with E-state index in [1.807, 2.05) is 24.3 Å². The average Bonchev–Trinajstić information content (AvgIpc) is 2.77. The third-order valence-electron chi connectivity index (χ3n) is 5.62. The fraction of sp³-hybridized carbons (Fsp3) is 0.364. The number of amides is 1. The second-order valence-electron chi connectivity index (χ2n) is 7.52. The number of para-hydroxylation sites is 1. The van der Waals surface area contributed by atoms with E-state index >= 15 is 0 Å². The molecule has 0 aliphatic heterocycles. The minimum absolute atomic E-state index is 0.00229. The summed E-state index contributed by atoms with van der Waals surface area (Å²) in [5, 5.41) is 3.58. The van der Waals surface area contributed by atoms with Gasteiger partial charge in [0.25, 0.3) is 5.56 Å². The smallest absolute Gasteiger partial charge is 0.261 e. The average molecular weight is 392 g/mol. The quantitative estimate of drug-likeness (QED) is 0.720. The minimum atomic E-state index is -0.0141. The molecule has 4 rings (SSSR count). The standard InChI is InChI=1S/C22H24N4O3/c1-29-20-11-10-17(12-23-20)25-21(27)16-8-6-15(7-9-16)13-26-14-24-19-5-3-2-4-18(19)22(26)28/h2-5,10-12,14-16H,6-9,13H2,1H3,(H,25,27). The number of hydrogen-bond acceptors (Lipinski definition) is 5. The van der Waals surface area contributed by atoms with Gasteiger partial charge < -0.3 is 10.1 Å². The third kappa shape index (κ3) is 4.29. The van der Waals surface area contributed by atoms with Gasteiger partial charge in [0.15, 0.2) is 0 Å². The minimum Gasteiger partial charge on any atom is -0.481 e. The van der Waals surface area contributed by atoms with Crippen LogP contribution in [-0.2, 0) is 11.3 Å². The molecule has 1 fully saturated rings. The van der Waals surface area contributed by atoms with Crippen LogP contribution in [0.2, 0.25) is 0 Å². The predicted octanol–water partition coefficient (Wildman–Crippen LogP) is 3.25. The SMILES string of the molecule is COc1ccc(NC(=O)C2CCC(Cn3cnc4ccccc4c3=O)CC2)cn1. The summed E-state index contributed by atoms with van der Waals surface area (Å²) in [6.07, 6.45) is 6.70. The predicted molar refractivity (Wildman–Crippen MR) is 111 cm³/mol. The summed E-state index contributed by atoms with van der Waals surface area (Å²) in [6, 6.07) is 10.9. The molecule has 2 heterocycles. The second-order valence-corrected chi connectivity index (χ2v) is 7.52. The Morgan fingerprint density at radius 1 is 1.14 bits per heavy atom. The number of nitrogens with zero attached hydrogens (tertiary/aromatic N) is 3. The summed E-state index contributed by atoms with van der Waals surface area (Å²) >= 11 is 0. The fourth-order valence-corrected chi connectivity index (χ4v) is 3.94. The first kappa shape index (κ1) is 19.1. The van der Waals surface area contributed by atoms with E-state index in [-0.39, 0.29) is 17.4 Å². The molecule has 0 atom stereocenters. The number of ether oxygens (including phenoxy) is 1. The number of pyridine rings is 1. The van der Waals surface area contributed by atoms with Crippen molar-refractivity contribution in [2.24, 2.45) is 11.8 Å². The third-order valence-corrected chi connectivity index (χ3v) is 5.62. The Morgan fingerprint density at radius 2 is 1.93 bits per heavy atom. The lowest BCUT2D eigenvalue weighted by molar-refractivity contribution is -0.121. The first-order valence-corrected chi connectivity index (χ1v) is 9.89. The molecular formula is C22H24N4O3. The first-order valence-electron chi connectivity index (χ1n) is 9.89. The number of carbonyl (C=O) groups is 1. The Balaban J connectivity index is 1.34. The Labute approximate surface area is 168 Å². The fourth-order valence-electron chi connectivity index (χ4n) is 3.94. The van der Waals surface area contributed by atoms with Gasteiger partial charge in [-0.15, -0.1) is 0 Å².